The number of nitrogens with one attached hydrogen (secondary N) is 1. The first-order valence-electron chi connectivity index (χ1n) is 5.80. The Morgan fingerprint density at radius 3 is 2.31 bits per heavy atom. The average Bonchev–Trinajstić information content (AvgIpc) is 2.83. The molecule has 3 heteroatoms. The Hall–Kier alpha value is -0.570. The van der Waals surface area contributed by atoms with Crippen molar-refractivity contribution in [2.24, 2.45) is 0 Å². The van der Waals surface area contributed by atoms with E-state index in [0.717, 1.165) is 25.8 Å². The van der Waals surface area contributed by atoms with Crippen molar-refractivity contribution >= 4 is 12.4 Å². The fourth-order valence-corrected chi connectivity index (χ4v) is 3.01. The maximum Gasteiger partial charge on any atom is 0.0880 e. The van der Waals surface area contributed by atoms with E-state index in [1.807, 2.05) is 0 Å². The largest absolute Gasteiger partial charge is 0.388 e. The van der Waals surface area contributed by atoms with Gasteiger partial charge in [-0.15, -0.1) is 12.4 Å². The Labute approximate surface area is 102 Å². The Morgan fingerprint density at radius 1 is 1.19 bits per heavy atom. The van der Waals surface area contributed by atoms with Gasteiger partial charge in [-0.05, 0) is 30.5 Å². The smallest absolute Gasteiger partial charge is 0.0880 e. The molecule has 1 aliphatic heterocycles. The van der Waals surface area contributed by atoms with Gasteiger partial charge in [0.2, 0.25) is 0 Å². The lowest BCUT2D eigenvalue weighted by atomic mass is 9.90. The van der Waals surface area contributed by atoms with Crippen molar-refractivity contribution in [2.75, 3.05) is 6.54 Å². The lowest BCUT2D eigenvalue weighted by molar-refractivity contribution is 0.0177. The van der Waals surface area contributed by atoms with Gasteiger partial charge in [-0.2, -0.15) is 0 Å². The van der Waals surface area contributed by atoms with Gasteiger partial charge in [0.05, 0.1) is 5.60 Å². The Morgan fingerprint density at radius 2 is 1.81 bits per heavy atom. The van der Waals surface area contributed by atoms with Crippen LogP contribution in [0.15, 0.2) is 24.3 Å². The zero-order valence-electron chi connectivity index (χ0n) is 9.28. The highest BCUT2D eigenvalue weighted by atomic mass is 35.5. The van der Waals surface area contributed by atoms with Crippen LogP contribution in [0, 0.1) is 0 Å². The van der Waals surface area contributed by atoms with Crippen LogP contribution >= 0.6 is 12.4 Å². The molecule has 1 aromatic rings. The standard InChI is InChI=1S/C13H17NO.ClH/c15-13(12-6-3-7-14-12)8-10-4-1-2-5-11(10)9-13;/h1-2,4-5,12,14-15H,3,6-9H2;1H/t12-;/m1./s1. The minimum absolute atomic E-state index is 0. The second-order valence-corrected chi connectivity index (χ2v) is 4.87. The van der Waals surface area contributed by atoms with Gasteiger partial charge in [0, 0.05) is 18.9 Å². The Balaban J connectivity index is 0.000000963. The van der Waals surface area contributed by atoms with Crippen molar-refractivity contribution in [3.63, 3.8) is 0 Å². The maximum absolute atomic E-state index is 10.6. The van der Waals surface area contributed by atoms with Gasteiger partial charge in [0.15, 0.2) is 0 Å². The summed E-state index contributed by atoms with van der Waals surface area (Å²) in [6.07, 6.45) is 3.95. The number of fused-ring (bicyclic) bond motifs is 1. The van der Waals surface area contributed by atoms with Crippen molar-refractivity contribution in [1.82, 2.24) is 5.32 Å². The van der Waals surface area contributed by atoms with Crippen LogP contribution < -0.4 is 5.32 Å². The topological polar surface area (TPSA) is 32.3 Å². The van der Waals surface area contributed by atoms with Gasteiger partial charge in [0.25, 0.3) is 0 Å². The average molecular weight is 240 g/mol. The van der Waals surface area contributed by atoms with E-state index in [1.165, 1.54) is 17.5 Å². The molecule has 1 heterocycles. The molecule has 1 aromatic carbocycles. The highest BCUT2D eigenvalue weighted by Gasteiger charge is 2.42. The summed E-state index contributed by atoms with van der Waals surface area (Å²) in [6.45, 7) is 1.06. The molecule has 0 saturated carbocycles. The summed E-state index contributed by atoms with van der Waals surface area (Å²) in [5.74, 6) is 0. The van der Waals surface area contributed by atoms with E-state index in [9.17, 15) is 5.11 Å². The summed E-state index contributed by atoms with van der Waals surface area (Å²) in [7, 11) is 0. The molecule has 0 unspecified atom stereocenters. The molecule has 1 atom stereocenters. The monoisotopic (exact) mass is 239 g/mol. The summed E-state index contributed by atoms with van der Waals surface area (Å²) in [6, 6.07) is 8.70. The van der Waals surface area contributed by atoms with E-state index in [0.29, 0.717) is 6.04 Å². The summed E-state index contributed by atoms with van der Waals surface area (Å²) < 4.78 is 0. The molecule has 1 fully saturated rings. The summed E-state index contributed by atoms with van der Waals surface area (Å²) in [5, 5.41) is 14.1. The molecular weight excluding hydrogens is 222 g/mol. The van der Waals surface area contributed by atoms with Crippen LogP contribution in [0.2, 0.25) is 0 Å². The first-order valence-corrected chi connectivity index (χ1v) is 5.80. The SMILES string of the molecule is Cl.OC1([C@H]2CCCN2)Cc2ccccc2C1. The molecule has 3 rings (SSSR count). The number of hydrogen-bond acceptors (Lipinski definition) is 2. The minimum Gasteiger partial charge on any atom is -0.388 e. The zero-order valence-corrected chi connectivity index (χ0v) is 10.1. The van der Waals surface area contributed by atoms with E-state index in [4.69, 9.17) is 0 Å². The number of hydrogen-bond donors (Lipinski definition) is 2. The molecule has 16 heavy (non-hydrogen) atoms. The predicted molar refractivity (Wildman–Crippen MR) is 67.1 cm³/mol. The minimum atomic E-state index is -0.528. The van der Waals surface area contributed by atoms with E-state index in [2.05, 4.69) is 29.6 Å². The first-order chi connectivity index (χ1) is 7.28. The third kappa shape index (κ3) is 1.86. The molecule has 2 aliphatic rings. The quantitative estimate of drug-likeness (QED) is 0.782. The third-order valence-corrected chi connectivity index (χ3v) is 3.82. The van der Waals surface area contributed by atoms with Crippen LogP contribution in [0.4, 0.5) is 0 Å². The van der Waals surface area contributed by atoms with Crippen LogP contribution in [0.5, 0.6) is 0 Å². The molecule has 0 spiro atoms. The Bertz CT molecular complexity index is 349. The van der Waals surface area contributed by atoms with Crippen LogP contribution in [-0.4, -0.2) is 23.3 Å². The van der Waals surface area contributed by atoms with E-state index in [1.54, 1.807) is 0 Å². The number of rotatable bonds is 1. The fourth-order valence-electron chi connectivity index (χ4n) is 3.01. The molecule has 0 aromatic heterocycles. The van der Waals surface area contributed by atoms with Crippen LogP contribution in [0.25, 0.3) is 0 Å². The lowest BCUT2D eigenvalue weighted by Crippen LogP contribution is -2.48. The van der Waals surface area contributed by atoms with Crippen LogP contribution in [-0.2, 0) is 12.8 Å². The van der Waals surface area contributed by atoms with Crippen molar-refractivity contribution in [2.45, 2.75) is 37.3 Å². The van der Waals surface area contributed by atoms with Crippen LogP contribution in [0.1, 0.15) is 24.0 Å². The first kappa shape index (κ1) is 11.9. The van der Waals surface area contributed by atoms with Gasteiger partial charge in [-0.3, -0.25) is 0 Å². The molecule has 2 nitrogen and oxygen atoms in total. The van der Waals surface area contributed by atoms with Crippen LogP contribution in [0.3, 0.4) is 0 Å². The van der Waals surface area contributed by atoms with Gasteiger partial charge < -0.3 is 10.4 Å². The van der Waals surface area contributed by atoms with E-state index in [-0.39, 0.29) is 12.4 Å². The van der Waals surface area contributed by atoms with Gasteiger partial charge in [-0.1, -0.05) is 24.3 Å². The Kier molecular flexibility index (Phi) is 3.24. The second-order valence-electron chi connectivity index (χ2n) is 4.87. The van der Waals surface area contributed by atoms with Crippen molar-refractivity contribution < 1.29 is 5.11 Å². The van der Waals surface area contributed by atoms with Crippen molar-refractivity contribution in [1.29, 1.82) is 0 Å². The second kappa shape index (κ2) is 4.36. The number of halogens is 1. The highest BCUT2D eigenvalue weighted by molar-refractivity contribution is 5.85. The van der Waals surface area contributed by atoms with Gasteiger partial charge in [0.1, 0.15) is 0 Å². The molecule has 1 saturated heterocycles. The highest BCUT2D eigenvalue weighted by Crippen LogP contribution is 2.34. The molecular formula is C13H18ClNO. The predicted octanol–water partition coefficient (Wildman–Crippen LogP) is 1.69. The summed E-state index contributed by atoms with van der Waals surface area (Å²) >= 11 is 0. The van der Waals surface area contributed by atoms with Gasteiger partial charge in [-0.25, -0.2) is 0 Å². The van der Waals surface area contributed by atoms with Crippen molar-refractivity contribution in [3.05, 3.63) is 35.4 Å². The normalized spacial score (nSPS) is 26.2. The van der Waals surface area contributed by atoms with Crippen molar-refractivity contribution in [3.8, 4) is 0 Å². The molecule has 0 radical (unpaired) electrons. The maximum atomic E-state index is 10.6. The van der Waals surface area contributed by atoms with E-state index >= 15 is 0 Å². The lowest BCUT2D eigenvalue weighted by Gasteiger charge is -2.29. The molecule has 1 aliphatic carbocycles. The summed E-state index contributed by atoms with van der Waals surface area (Å²) in [5.41, 5.74) is 2.13. The molecule has 88 valence electrons. The molecule has 2 N–H and O–H groups in total. The van der Waals surface area contributed by atoms with Gasteiger partial charge >= 0.3 is 0 Å². The fraction of sp³-hybridized carbons (Fsp3) is 0.538. The molecule has 0 bridgehead atoms. The number of benzene rings is 1. The third-order valence-electron chi connectivity index (χ3n) is 3.82. The molecule has 0 amide bonds. The zero-order chi connectivity index (χ0) is 10.3. The number of aliphatic hydroxyl groups is 1. The van der Waals surface area contributed by atoms with E-state index < -0.39 is 5.60 Å². The summed E-state index contributed by atoms with van der Waals surface area (Å²) in [4.78, 5) is 0.